The van der Waals surface area contributed by atoms with Gasteiger partial charge in [0.25, 0.3) is 0 Å². The second-order valence-corrected chi connectivity index (χ2v) is 5.52. The number of halogens is 2. The van der Waals surface area contributed by atoms with E-state index in [-0.39, 0.29) is 42.0 Å². The predicted octanol–water partition coefficient (Wildman–Crippen LogP) is 1.61. The lowest BCUT2D eigenvalue weighted by Crippen LogP contribution is -2.49. The quantitative estimate of drug-likeness (QED) is 0.580. The van der Waals surface area contributed by atoms with Crippen molar-refractivity contribution in [1.29, 1.82) is 0 Å². The van der Waals surface area contributed by atoms with Crippen LogP contribution in [0, 0.1) is 5.92 Å². The molecule has 116 valence electrons. The Morgan fingerprint density at radius 2 is 2.14 bits per heavy atom. The van der Waals surface area contributed by atoms with Gasteiger partial charge in [0.2, 0.25) is 5.75 Å². The van der Waals surface area contributed by atoms with Gasteiger partial charge < -0.3 is 23.9 Å². The molecule has 4 rings (SSSR count). The zero-order valence-electron chi connectivity index (χ0n) is 11.5. The topological polar surface area (TPSA) is 65.1 Å². The Morgan fingerprint density at radius 1 is 1.36 bits per heavy atom. The zero-order valence-corrected chi connectivity index (χ0v) is 11.5. The van der Waals surface area contributed by atoms with E-state index in [9.17, 15) is 18.4 Å². The van der Waals surface area contributed by atoms with Crippen molar-refractivity contribution in [2.24, 2.45) is 5.92 Å². The van der Waals surface area contributed by atoms with Crippen molar-refractivity contribution >= 4 is 17.8 Å². The molecule has 0 aromatic heterocycles. The highest BCUT2D eigenvalue weighted by atomic mass is 19.3. The number of aldehydes is 1. The van der Waals surface area contributed by atoms with Crippen LogP contribution in [0.1, 0.15) is 17.3 Å². The third kappa shape index (κ3) is 1.63. The van der Waals surface area contributed by atoms with E-state index in [1.807, 2.05) is 11.8 Å². The Labute approximate surface area is 123 Å². The molecule has 8 heteroatoms. The summed E-state index contributed by atoms with van der Waals surface area (Å²) in [5, 5.41) is 0. The molecule has 6 nitrogen and oxygen atoms in total. The lowest BCUT2D eigenvalue weighted by Gasteiger charge is -2.41. The number of Topliss-reactive ketones (excluding diaryl/α,β-unsaturated/α-hetero) is 1. The molecule has 0 amide bonds. The number of rotatable bonds is 1. The second-order valence-electron chi connectivity index (χ2n) is 5.52. The van der Waals surface area contributed by atoms with Crippen LogP contribution in [0.25, 0.3) is 0 Å². The van der Waals surface area contributed by atoms with Crippen LogP contribution in [0.15, 0.2) is 6.07 Å². The Hall–Kier alpha value is -2.38. The van der Waals surface area contributed by atoms with Crippen molar-refractivity contribution in [2.75, 3.05) is 18.1 Å². The fraction of sp³-hybridized carbons (Fsp3) is 0.429. The molecule has 3 heterocycles. The molecule has 0 aliphatic carbocycles. The molecule has 1 aromatic carbocycles. The molecule has 1 aromatic rings. The van der Waals surface area contributed by atoms with Crippen molar-refractivity contribution in [3.05, 3.63) is 11.6 Å². The van der Waals surface area contributed by atoms with Crippen molar-refractivity contribution < 1.29 is 32.6 Å². The Kier molecular flexibility index (Phi) is 2.47. The molecule has 0 saturated heterocycles. The molecule has 22 heavy (non-hydrogen) atoms. The van der Waals surface area contributed by atoms with Gasteiger partial charge in [-0.05, 0) is 13.0 Å². The molecule has 2 unspecified atom stereocenters. The summed E-state index contributed by atoms with van der Waals surface area (Å²) in [5.41, 5.74) is 0.534. The molecule has 3 aliphatic rings. The first-order valence-electron chi connectivity index (χ1n) is 6.77. The molecule has 0 N–H and O–H groups in total. The first kappa shape index (κ1) is 13.3. The lowest BCUT2D eigenvalue weighted by molar-refractivity contribution is -0.287. The number of carbonyl (C=O) groups is 2. The Bertz CT molecular complexity index is 705. The molecule has 3 aliphatic heterocycles. The van der Waals surface area contributed by atoms with Gasteiger partial charge in [0.15, 0.2) is 17.3 Å². The SMILES string of the molecule is CC1COc2c3c(cc4c2N1CC(C=O)C4=O)OC(F)(F)O3. The molecular weight excluding hydrogens is 300 g/mol. The highest BCUT2D eigenvalue weighted by Crippen LogP contribution is 2.55. The molecule has 0 fully saturated rings. The van der Waals surface area contributed by atoms with Gasteiger partial charge in [0, 0.05) is 12.1 Å². The molecule has 2 atom stereocenters. The van der Waals surface area contributed by atoms with Gasteiger partial charge in [-0.25, -0.2) is 0 Å². The number of ether oxygens (including phenoxy) is 3. The Balaban J connectivity index is 1.95. The number of anilines is 1. The van der Waals surface area contributed by atoms with Gasteiger partial charge >= 0.3 is 6.29 Å². The van der Waals surface area contributed by atoms with Crippen LogP contribution >= 0.6 is 0 Å². The number of hydrogen-bond donors (Lipinski definition) is 0. The van der Waals surface area contributed by atoms with E-state index in [4.69, 9.17) is 4.74 Å². The summed E-state index contributed by atoms with van der Waals surface area (Å²) in [6, 6.07) is 1.10. The summed E-state index contributed by atoms with van der Waals surface area (Å²) >= 11 is 0. The maximum absolute atomic E-state index is 13.3. The van der Waals surface area contributed by atoms with Crippen LogP contribution in [0.4, 0.5) is 14.5 Å². The number of fused-ring (bicyclic) bond motifs is 2. The number of alkyl halides is 2. The summed E-state index contributed by atoms with van der Waals surface area (Å²) in [7, 11) is 0. The van der Waals surface area contributed by atoms with Crippen LogP contribution in [0.3, 0.4) is 0 Å². The molecule has 0 bridgehead atoms. The monoisotopic (exact) mass is 311 g/mol. The second kappa shape index (κ2) is 4.08. The molecule has 0 saturated carbocycles. The summed E-state index contributed by atoms with van der Waals surface area (Å²) in [5.74, 6) is -1.66. The summed E-state index contributed by atoms with van der Waals surface area (Å²) in [6.45, 7) is 2.30. The van der Waals surface area contributed by atoms with E-state index in [0.717, 1.165) is 0 Å². The third-order valence-corrected chi connectivity index (χ3v) is 4.07. The molecule has 0 radical (unpaired) electrons. The average Bonchev–Trinajstić information content (AvgIpc) is 2.78. The number of benzene rings is 1. The maximum Gasteiger partial charge on any atom is 0.586 e. The van der Waals surface area contributed by atoms with E-state index in [2.05, 4.69) is 9.47 Å². The van der Waals surface area contributed by atoms with Gasteiger partial charge in [0.1, 0.15) is 12.9 Å². The first-order chi connectivity index (χ1) is 10.4. The normalized spacial score (nSPS) is 27.2. The zero-order chi connectivity index (χ0) is 15.6. The van der Waals surface area contributed by atoms with E-state index in [1.165, 1.54) is 6.07 Å². The molecular formula is C14H11F2NO5. The summed E-state index contributed by atoms with van der Waals surface area (Å²) < 4.78 is 41.1. The first-order valence-corrected chi connectivity index (χ1v) is 6.77. The minimum Gasteiger partial charge on any atom is -0.485 e. The van der Waals surface area contributed by atoms with Gasteiger partial charge in [-0.15, -0.1) is 8.78 Å². The van der Waals surface area contributed by atoms with Crippen LogP contribution < -0.4 is 19.1 Å². The third-order valence-electron chi connectivity index (χ3n) is 4.07. The Morgan fingerprint density at radius 3 is 2.86 bits per heavy atom. The fourth-order valence-corrected chi connectivity index (χ4v) is 3.04. The van der Waals surface area contributed by atoms with Crippen molar-refractivity contribution in [1.82, 2.24) is 0 Å². The van der Waals surface area contributed by atoms with Crippen molar-refractivity contribution in [3.8, 4) is 17.2 Å². The lowest BCUT2D eigenvalue weighted by atomic mass is 9.89. The number of carbonyl (C=O) groups excluding carboxylic acids is 2. The van der Waals surface area contributed by atoms with E-state index >= 15 is 0 Å². The number of nitrogens with zero attached hydrogens (tertiary/aromatic N) is 1. The van der Waals surface area contributed by atoms with Crippen LogP contribution in [0.2, 0.25) is 0 Å². The van der Waals surface area contributed by atoms with Gasteiger partial charge in [-0.1, -0.05) is 0 Å². The van der Waals surface area contributed by atoms with Crippen molar-refractivity contribution in [3.63, 3.8) is 0 Å². The predicted molar refractivity (Wildman–Crippen MR) is 68.8 cm³/mol. The van der Waals surface area contributed by atoms with Crippen LogP contribution in [0.5, 0.6) is 17.2 Å². The number of ketones is 1. The van der Waals surface area contributed by atoms with Gasteiger partial charge in [-0.3, -0.25) is 4.79 Å². The summed E-state index contributed by atoms with van der Waals surface area (Å²) in [6.07, 6.45) is -3.22. The van der Waals surface area contributed by atoms with E-state index in [1.54, 1.807) is 0 Å². The fourth-order valence-electron chi connectivity index (χ4n) is 3.04. The highest BCUT2D eigenvalue weighted by molar-refractivity contribution is 6.12. The van der Waals surface area contributed by atoms with Gasteiger partial charge in [-0.2, -0.15) is 0 Å². The smallest absolute Gasteiger partial charge is 0.485 e. The standard InChI is InChI=1S/C14H11F2NO5/c1-6-5-20-13-10-8(11(19)7(4-18)3-17(6)10)2-9-12(13)22-14(15,16)21-9/h2,4,6-7H,3,5H2,1H3. The van der Waals surface area contributed by atoms with Gasteiger partial charge in [0.05, 0.1) is 17.6 Å². The highest BCUT2D eigenvalue weighted by Gasteiger charge is 2.49. The molecule has 0 spiro atoms. The minimum atomic E-state index is -3.80. The minimum absolute atomic E-state index is 0.0699. The van der Waals surface area contributed by atoms with Crippen molar-refractivity contribution in [2.45, 2.75) is 19.3 Å². The number of hydrogen-bond acceptors (Lipinski definition) is 6. The average molecular weight is 311 g/mol. The van der Waals surface area contributed by atoms with Crippen LogP contribution in [-0.2, 0) is 4.79 Å². The van der Waals surface area contributed by atoms with E-state index < -0.39 is 18.0 Å². The largest absolute Gasteiger partial charge is 0.586 e. The van der Waals surface area contributed by atoms with Crippen LogP contribution in [-0.4, -0.2) is 37.6 Å². The van der Waals surface area contributed by atoms with E-state index in [0.29, 0.717) is 12.0 Å². The summed E-state index contributed by atoms with van der Waals surface area (Å²) in [4.78, 5) is 25.3. The maximum atomic E-state index is 13.3.